The van der Waals surface area contributed by atoms with Gasteiger partial charge in [-0.15, -0.1) is 11.6 Å². The van der Waals surface area contributed by atoms with Crippen molar-refractivity contribution in [3.05, 3.63) is 35.9 Å². The van der Waals surface area contributed by atoms with Crippen molar-refractivity contribution in [3.63, 3.8) is 0 Å². The summed E-state index contributed by atoms with van der Waals surface area (Å²) in [5.41, 5.74) is 0.762. The van der Waals surface area contributed by atoms with Crippen LogP contribution >= 0.6 is 11.6 Å². The summed E-state index contributed by atoms with van der Waals surface area (Å²) >= 11 is 5.37. The third kappa shape index (κ3) is 3.31. The van der Waals surface area contributed by atoms with Crippen LogP contribution in [0.2, 0.25) is 0 Å². The van der Waals surface area contributed by atoms with E-state index in [1.165, 1.54) is 0 Å². The van der Waals surface area contributed by atoms with Crippen molar-refractivity contribution < 1.29 is 24.0 Å². The molecule has 0 heterocycles. The van der Waals surface area contributed by atoms with Crippen LogP contribution in [0.1, 0.15) is 11.7 Å². The number of hydrogen-bond donors (Lipinski definition) is 0. The first-order valence-electron chi connectivity index (χ1n) is 3.11. The third-order valence-electron chi connectivity index (χ3n) is 1.31. The van der Waals surface area contributed by atoms with Crippen LogP contribution in [0.5, 0.6) is 0 Å². The summed E-state index contributed by atoms with van der Waals surface area (Å²) in [7, 11) is 0. The van der Waals surface area contributed by atoms with Gasteiger partial charge in [0.15, 0.2) is 0 Å². The van der Waals surface area contributed by atoms with Gasteiger partial charge in [-0.1, -0.05) is 42.0 Å². The molecule has 1 aromatic carbocycles. The van der Waals surface area contributed by atoms with Gasteiger partial charge in [-0.2, -0.15) is 0 Å². The van der Waals surface area contributed by atoms with Gasteiger partial charge in [-0.05, 0) is 0 Å². The molecule has 3 heteroatoms. The van der Waals surface area contributed by atoms with Crippen molar-refractivity contribution in [1.82, 2.24) is 0 Å². The number of rotatable bonds is 2. The first kappa shape index (κ1) is 11.1. The molecule has 0 spiro atoms. The Balaban J connectivity index is 0.000001000. The molecule has 1 aromatic rings. The van der Waals surface area contributed by atoms with Crippen LogP contribution in [0.15, 0.2) is 30.3 Å². The van der Waals surface area contributed by atoms with E-state index in [0.717, 1.165) is 5.56 Å². The molecule has 0 bridgehead atoms. The standard InChI is InChI=1S/C8H8ClO.Li/c9-6-8(10)7-4-2-1-3-5-7;/h1-5,8H,6H2;/q-1;+1. The van der Waals surface area contributed by atoms with Gasteiger partial charge in [0.2, 0.25) is 0 Å². The van der Waals surface area contributed by atoms with Crippen molar-refractivity contribution in [2.45, 2.75) is 6.10 Å². The molecular weight excluding hydrogens is 154 g/mol. The van der Waals surface area contributed by atoms with E-state index in [-0.39, 0.29) is 24.7 Å². The fraction of sp³-hybridized carbons (Fsp3) is 0.250. The Kier molecular flexibility index (Phi) is 5.72. The van der Waals surface area contributed by atoms with Crippen LogP contribution in [0.4, 0.5) is 0 Å². The zero-order valence-corrected chi connectivity index (χ0v) is 7.21. The molecule has 1 unspecified atom stereocenters. The maximum absolute atomic E-state index is 11.0. The van der Waals surface area contributed by atoms with Crippen LogP contribution in [-0.2, 0) is 0 Å². The van der Waals surface area contributed by atoms with E-state index in [9.17, 15) is 5.11 Å². The molecule has 0 aliphatic carbocycles. The molecule has 1 rings (SSSR count). The predicted octanol–water partition coefficient (Wildman–Crippen LogP) is -1.67. The SMILES string of the molecule is [Li+].[O-]C(CCl)c1ccccc1. The Morgan fingerprint density at radius 2 is 1.82 bits per heavy atom. The monoisotopic (exact) mass is 162 g/mol. The zero-order chi connectivity index (χ0) is 7.40. The quantitative estimate of drug-likeness (QED) is 0.377. The zero-order valence-electron chi connectivity index (χ0n) is 6.46. The molecule has 0 aromatic heterocycles. The van der Waals surface area contributed by atoms with E-state index in [4.69, 9.17) is 11.6 Å². The third-order valence-corrected chi connectivity index (χ3v) is 1.59. The molecule has 1 nitrogen and oxygen atoms in total. The predicted molar refractivity (Wildman–Crippen MR) is 39.9 cm³/mol. The van der Waals surface area contributed by atoms with E-state index in [0.29, 0.717) is 0 Å². The number of hydrogen-bond acceptors (Lipinski definition) is 1. The summed E-state index contributed by atoms with van der Waals surface area (Å²) in [6, 6.07) is 9.14. The fourth-order valence-corrected chi connectivity index (χ4v) is 0.935. The summed E-state index contributed by atoms with van der Waals surface area (Å²) in [5, 5.41) is 11.0. The Hall–Kier alpha value is 0.0674. The van der Waals surface area contributed by atoms with Crippen molar-refractivity contribution >= 4 is 11.6 Å². The molecular formula is C8H8ClLiO. The van der Waals surface area contributed by atoms with Gasteiger partial charge in [0.05, 0.1) is 0 Å². The summed E-state index contributed by atoms with van der Waals surface area (Å²) in [5.74, 6) is 0.143. The van der Waals surface area contributed by atoms with E-state index in [1.54, 1.807) is 12.1 Å². The second kappa shape index (κ2) is 5.68. The van der Waals surface area contributed by atoms with Gasteiger partial charge in [0.1, 0.15) is 0 Å². The average Bonchev–Trinajstić information content (AvgIpc) is 2.05. The summed E-state index contributed by atoms with van der Waals surface area (Å²) < 4.78 is 0. The van der Waals surface area contributed by atoms with E-state index < -0.39 is 6.10 Å². The van der Waals surface area contributed by atoms with Crippen molar-refractivity contribution in [1.29, 1.82) is 0 Å². The summed E-state index contributed by atoms with van der Waals surface area (Å²) in [4.78, 5) is 0. The topological polar surface area (TPSA) is 23.1 Å². The molecule has 0 aliphatic rings. The Morgan fingerprint density at radius 3 is 2.27 bits per heavy atom. The fourth-order valence-electron chi connectivity index (χ4n) is 0.757. The van der Waals surface area contributed by atoms with Crippen LogP contribution in [0.3, 0.4) is 0 Å². The Morgan fingerprint density at radius 1 is 1.27 bits per heavy atom. The average molecular weight is 163 g/mol. The molecule has 0 radical (unpaired) electrons. The van der Waals surface area contributed by atoms with E-state index in [1.807, 2.05) is 18.2 Å². The van der Waals surface area contributed by atoms with E-state index in [2.05, 4.69) is 0 Å². The van der Waals surface area contributed by atoms with Crippen LogP contribution in [0, 0.1) is 0 Å². The first-order valence-corrected chi connectivity index (χ1v) is 3.65. The van der Waals surface area contributed by atoms with Gasteiger partial charge in [0, 0.05) is 5.88 Å². The van der Waals surface area contributed by atoms with Gasteiger partial charge in [0.25, 0.3) is 0 Å². The minimum absolute atomic E-state index is 0. The summed E-state index contributed by atoms with van der Waals surface area (Å²) in [6.07, 6.45) is -0.775. The normalized spacial score (nSPS) is 11.8. The minimum Gasteiger partial charge on any atom is -0.848 e. The first-order chi connectivity index (χ1) is 4.84. The van der Waals surface area contributed by atoms with Crippen LogP contribution < -0.4 is 24.0 Å². The van der Waals surface area contributed by atoms with Gasteiger partial charge >= 0.3 is 18.9 Å². The molecule has 0 amide bonds. The molecule has 0 aliphatic heterocycles. The second-order valence-electron chi connectivity index (χ2n) is 2.05. The second-order valence-corrected chi connectivity index (χ2v) is 2.36. The molecule has 54 valence electrons. The van der Waals surface area contributed by atoms with Crippen LogP contribution in [0.25, 0.3) is 0 Å². The minimum atomic E-state index is -0.775. The van der Waals surface area contributed by atoms with Crippen LogP contribution in [-0.4, -0.2) is 5.88 Å². The van der Waals surface area contributed by atoms with Gasteiger partial charge < -0.3 is 5.11 Å². The van der Waals surface area contributed by atoms with E-state index >= 15 is 0 Å². The van der Waals surface area contributed by atoms with Crippen molar-refractivity contribution in [3.8, 4) is 0 Å². The number of benzene rings is 1. The molecule has 0 N–H and O–H groups in total. The Bertz CT molecular complexity index is 191. The molecule has 0 fully saturated rings. The number of alkyl halides is 1. The number of halogens is 1. The van der Waals surface area contributed by atoms with Gasteiger partial charge in [-0.25, -0.2) is 0 Å². The van der Waals surface area contributed by atoms with Crippen molar-refractivity contribution in [2.24, 2.45) is 0 Å². The smallest absolute Gasteiger partial charge is 0.848 e. The molecule has 0 saturated heterocycles. The Labute approximate surface area is 83.6 Å². The van der Waals surface area contributed by atoms with Gasteiger partial charge in [-0.3, -0.25) is 0 Å². The largest absolute Gasteiger partial charge is 1.00 e. The molecule has 0 saturated carbocycles. The maximum Gasteiger partial charge on any atom is 1.00 e. The van der Waals surface area contributed by atoms with Crippen molar-refractivity contribution in [2.75, 3.05) is 5.88 Å². The summed E-state index contributed by atoms with van der Waals surface area (Å²) in [6.45, 7) is 0. The molecule has 11 heavy (non-hydrogen) atoms. The molecule has 1 atom stereocenters. The maximum atomic E-state index is 11.0.